The number of amides is 1. The highest BCUT2D eigenvalue weighted by molar-refractivity contribution is 8.00. The minimum absolute atomic E-state index is 0.0575. The van der Waals surface area contributed by atoms with Gasteiger partial charge in [0.1, 0.15) is 0 Å². The summed E-state index contributed by atoms with van der Waals surface area (Å²) in [6, 6.07) is 6.09. The molecule has 0 radical (unpaired) electrons. The molecular formula is C14H22N2OS. The van der Waals surface area contributed by atoms with E-state index in [1.807, 2.05) is 32.0 Å². The van der Waals surface area contributed by atoms with Gasteiger partial charge in [-0.05, 0) is 31.4 Å². The monoisotopic (exact) mass is 266 g/mol. The van der Waals surface area contributed by atoms with Gasteiger partial charge in [0, 0.05) is 16.6 Å². The van der Waals surface area contributed by atoms with Crippen LogP contribution in [0.4, 0.5) is 5.69 Å². The summed E-state index contributed by atoms with van der Waals surface area (Å²) < 4.78 is 0. The van der Waals surface area contributed by atoms with Crippen LogP contribution in [0.1, 0.15) is 26.3 Å². The normalized spacial score (nSPS) is 12.5. The molecule has 1 atom stereocenters. The Bertz CT molecular complexity index is 418. The van der Waals surface area contributed by atoms with Gasteiger partial charge >= 0.3 is 0 Å². The number of hydrogen-bond donors (Lipinski definition) is 2. The fraction of sp³-hybridized carbons (Fsp3) is 0.500. The third-order valence-corrected chi connectivity index (χ3v) is 4.11. The summed E-state index contributed by atoms with van der Waals surface area (Å²) in [6.07, 6.45) is 0. The van der Waals surface area contributed by atoms with Crippen molar-refractivity contribution in [2.75, 3.05) is 11.5 Å². The maximum Gasteiger partial charge on any atom is 0.230 e. The fourth-order valence-electron chi connectivity index (χ4n) is 1.39. The van der Waals surface area contributed by atoms with E-state index >= 15 is 0 Å². The quantitative estimate of drug-likeness (QED) is 0.636. The summed E-state index contributed by atoms with van der Waals surface area (Å²) in [6.45, 7) is 8.18. The second-order valence-electron chi connectivity index (χ2n) is 4.88. The zero-order chi connectivity index (χ0) is 13.7. The number of nitrogens with one attached hydrogen (secondary N) is 1. The largest absolute Gasteiger partial charge is 0.398 e. The third kappa shape index (κ3) is 4.26. The number of nitrogen functional groups attached to an aromatic ring is 1. The van der Waals surface area contributed by atoms with Crippen LogP contribution < -0.4 is 11.1 Å². The number of benzene rings is 1. The molecular weight excluding hydrogens is 244 g/mol. The molecule has 0 spiro atoms. The summed E-state index contributed by atoms with van der Waals surface area (Å²) in [4.78, 5) is 12.7. The highest BCUT2D eigenvalue weighted by atomic mass is 32.2. The number of anilines is 1. The Morgan fingerprint density at radius 2 is 2.06 bits per heavy atom. The first-order valence-electron chi connectivity index (χ1n) is 6.19. The Labute approximate surface area is 114 Å². The van der Waals surface area contributed by atoms with Gasteiger partial charge < -0.3 is 11.1 Å². The first-order chi connectivity index (χ1) is 8.41. The highest BCUT2D eigenvalue weighted by Gasteiger charge is 2.11. The van der Waals surface area contributed by atoms with Gasteiger partial charge in [-0.2, -0.15) is 0 Å². The van der Waals surface area contributed by atoms with E-state index in [1.54, 1.807) is 0 Å². The van der Waals surface area contributed by atoms with Crippen LogP contribution >= 0.6 is 11.8 Å². The summed E-state index contributed by atoms with van der Waals surface area (Å²) in [5, 5.41) is 2.98. The lowest BCUT2D eigenvalue weighted by atomic mass is 10.1. The maximum absolute atomic E-state index is 11.8. The van der Waals surface area contributed by atoms with Gasteiger partial charge in [-0.25, -0.2) is 0 Å². The van der Waals surface area contributed by atoms with Gasteiger partial charge in [-0.1, -0.05) is 26.0 Å². The Balaban J connectivity index is 2.50. The molecule has 0 heterocycles. The van der Waals surface area contributed by atoms with Crippen molar-refractivity contribution in [2.24, 2.45) is 5.92 Å². The van der Waals surface area contributed by atoms with Crippen LogP contribution in [0, 0.1) is 12.8 Å². The van der Waals surface area contributed by atoms with Crippen LogP contribution in [0.5, 0.6) is 0 Å². The topological polar surface area (TPSA) is 55.1 Å². The predicted octanol–water partition coefficient (Wildman–Crippen LogP) is 2.83. The lowest BCUT2D eigenvalue weighted by Gasteiger charge is -2.17. The van der Waals surface area contributed by atoms with Crippen LogP contribution in [0.25, 0.3) is 0 Å². The van der Waals surface area contributed by atoms with Gasteiger partial charge in [0.15, 0.2) is 0 Å². The van der Waals surface area contributed by atoms with Crippen LogP contribution in [0.2, 0.25) is 0 Å². The van der Waals surface area contributed by atoms with Crippen LogP contribution in [0.15, 0.2) is 23.1 Å². The van der Waals surface area contributed by atoms with Crippen LogP contribution in [0.3, 0.4) is 0 Å². The number of aryl methyl sites for hydroxylation is 1. The van der Waals surface area contributed by atoms with E-state index in [0.717, 1.165) is 16.1 Å². The number of carbonyl (C=O) groups excluding carboxylic acids is 1. The number of para-hydroxylation sites is 1. The fourth-order valence-corrected chi connectivity index (χ4v) is 2.25. The van der Waals surface area contributed by atoms with Crippen molar-refractivity contribution < 1.29 is 4.79 Å². The second-order valence-corrected chi connectivity index (χ2v) is 5.89. The van der Waals surface area contributed by atoms with Gasteiger partial charge in [0.2, 0.25) is 5.91 Å². The van der Waals surface area contributed by atoms with Gasteiger partial charge in [0.05, 0.1) is 5.75 Å². The molecule has 100 valence electrons. The molecule has 0 bridgehead atoms. The van der Waals surface area contributed by atoms with Crippen molar-refractivity contribution in [3.05, 3.63) is 23.8 Å². The van der Waals surface area contributed by atoms with Gasteiger partial charge in [0.25, 0.3) is 0 Å². The molecule has 18 heavy (non-hydrogen) atoms. The van der Waals surface area contributed by atoms with E-state index in [1.165, 1.54) is 11.8 Å². The molecule has 3 nitrogen and oxygen atoms in total. The van der Waals surface area contributed by atoms with Gasteiger partial charge in [-0.3, -0.25) is 4.79 Å². The van der Waals surface area contributed by atoms with E-state index in [0.29, 0.717) is 11.7 Å². The SMILES string of the molecule is Cc1cccc(SCC(=O)NC(C)C(C)C)c1N. The summed E-state index contributed by atoms with van der Waals surface area (Å²) in [5.41, 5.74) is 7.79. The third-order valence-electron chi connectivity index (χ3n) is 3.03. The molecule has 0 saturated heterocycles. The van der Waals surface area contributed by atoms with Crippen LogP contribution in [-0.2, 0) is 4.79 Å². The lowest BCUT2D eigenvalue weighted by molar-refractivity contribution is -0.119. The molecule has 0 aliphatic heterocycles. The Morgan fingerprint density at radius 1 is 1.39 bits per heavy atom. The molecule has 1 aromatic carbocycles. The van der Waals surface area contributed by atoms with Crippen LogP contribution in [-0.4, -0.2) is 17.7 Å². The maximum atomic E-state index is 11.8. The molecule has 0 aliphatic rings. The van der Waals surface area contributed by atoms with E-state index in [-0.39, 0.29) is 11.9 Å². The molecule has 0 saturated carbocycles. The van der Waals surface area contributed by atoms with Crippen molar-refractivity contribution in [3.63, 3.8) is 0 Å². The van der Waals surface area contributed by atoms with Crippen molar-refractivity contribution >= 4 is 23.4 Å². The number of nitrogens with two attached hydrogens (primary N) is 1. The summed E-state index contributed by atoms with van der Waals surface area (Å²) in [5.74, 6) is 0.912. The minimum atomic E-state index is 0.0575. The molecule has 1 amide bonds. The number of rotatable bonds is 5. The van der Waals surface area contributed by atoms with E-state index in [4.69, 9.17) is 5.73 Å². The summed E-state index contributed by atoms with van der Waals surface area (Å²) in [7, 11) is 0. The first kappa shape index (κ1) is 14.9. The van der Waals surface area contributed by atoms with Gasteiger partial charge in [-0.15, -0.1) is 11.8 Å². The average molecular weight is 266 g/mol. The molecule has 0 aromatic heterocycles. The minimum Gasteiger partial charge on any atom is -0.398 e. The molecule has 3 N–H and O–H groups in total. The second kappa shape index (κ2) is 6.69. The molecule has 1 aromatic rings. The van der Waals surface area contributed by atoms with E-state index < -0.39 is 0 Å². The Hall–Kier alpha value is -1.16. The standard InChI is InChI=1S/C14H22N2OS/c1-9(2)11(4)16-13(17)8-18-12-7-5-6-10(3)14(12)15/h5-7,9,11H,8,15H2,1-4H3,(H,16,17). The molecule has 4 heteroatoms. The first-order valence-corrected chi connectivity index (χ1v) is 7.17. The molecule has 0 fully saturated rings. The Morgan fingerprint density at radius 3 is 2.67 bits per heavy atom. The average Bonchev–Trinajstić information content (AvgIpc) is 2.31. The Kier molecular flexibility index (Phi) is 5.54. The van der Waals surface area contributed by atoms with E-state index in [9.17, 15) is 4.79 Å². The zero-order valence-electron chi connectivity index (χ0n) is 11.5. The van der Waals surface area contributed by atoms with Crippen molar-refractivity contribution in [1.82, 2.24) is 5.32 Å². The van der Waals surface area contributed by atoms with Crippen molar-refractivity contribution in [3.8, 4) is 0 Å². The van der Waals surface area contributed by atoms with Crippen molar-refractivity contribution in [1.29, 1.82) is 0 Å². The molecule has 1 rings (SSSR count). The molecule has 0 aliphatic carbocycles. The zero-order valence-corrected chi connectivity index (χ0v) is 12.3. The predicted molar refractivity (Wildman–Crippen MR) is 78.8 cm³/mol. The lowest BCUT2D eigenvalue weighted by Crippen LogP contribution is -2.37. The smallest absolute Gasteiger partial charge is 0.230 e. The number of carbonyl (C=O) groups is 1. The summed E-state index contributed by atoms with van der Waals surface area (Å²) >= 11 is 1.49. The van der Waals surface area contributed by atoms with E-state index in [2.05, 4.69) is 19.2 Å². The van der Waals surface area contributed by atoms with Crippen molar-refractivity contribution in [2.45, 2.75) is 38.6 Å². The highest BCUT2D eigenvalue weighted by Crippen LogP contribution is 2.27. The molecule has 1 unspecified atom stereocenters. The number of hydrogen-bond acceptors (Lipinski definition) is 3. The number of thioether (sulfide) groups is 1.